The van der Waals surface area contributed by atoms with Gasteiger partial charge in [-0.3, -0.25) is 38.4 Å². The molecule has 11 rings (SSSR count). The molecule has 0 aliphatic heterocycles. The Morgan fingerprint density at radius 2 is 0.657 bits per heavy atom. The van der Waals surface area contributed by atoms with Crippen LogP contribution in [0.5, 0.6) is 34.5 Å². The van der Waals surface area contributed by atoms with Crippen molar-refractivity contribution < 1.29 is 113 Å². The van der Waals surface area contributed by atoms with Crippen LogP contribution in [-0.4, -0.2) is 194 Å². The number of amides is 2. The summed E-state index contributed by atoms with van der Waals surface area (Å²) in [7, 11) is 6.02. The molecule has 0 aromatic heterocycles. The van der Waals surface area contributed by atoms with Crippen molar-refractivity contribution in [2.45, 2.75) is 283 Å². The number of Topliss-reactive ketones (excluding diaryl/α,β-unsaturated/α-hetero) is 2. The van der Waals surface area contributed by atoms with Crippen molar-refractivity contribution in [1.29, 1.82) is 0 Å². The number of rotatable bonds is 32. The summed E-state index contributed by atoms with van der Waals surface area (Å²) in [6.45, 7) is 17.3. The molecule has 0 bridgehead atoms. The maximum Gasteiger partial charge on any atom is 0.322 e. The number of ether oxygens (including phenoxy) is 5. The maximum atomic E-state index is 12.0. The third kappa shape index (κ3) is 58.5. The number of phenolic OH excluding ortho intramolecular Hbond substituents is 1. The lowest BCUT2D eigenvalue weighted by atomic mass is 9.95. The second kappa shape index (κ2) is 78.4. The minimum Gasteiger partial charge on any atom is -0.506 e. The highest BCUT2D eigenvalue weighted by Gasteiger charge is 2.30. The third-order valence-electron chi connectivity index (χ3n) is 18.8. The molecule has 10 atom stereocenters. The highest BCUT2D eigenvalue weighted by molar-refractivity contribution is 9.10. The van der Waals surface area contributed by atoms with E-state index in [1.165, 1.54) is 39.3 Å². The van der Waals surface area contributed by atoms with Crippen molar-refractivity contribution in [1.82, 2.24) is 10.1 Å². The summed E-state index contributed by atoms with van der Waals surface area (Å²) in [5.74, 6) is 0.0650. The number of phenols is 1. The SMILES string of the molecule is C.C.C.C.C.C.C.C.C.C.C.CC[C@@H](C)C(=O)N(C)OC.CC[C@@H](C)C(=O)c1ccc(OC2CC2)c(Cl)c1.CC[C@@H](C)[C@H](O)c1ccc(OC2CC2)c(Cl)c1.CON(C)C(=O)[C@H](C)CO.C[C@H](CO)C(=O)O.C[C@H](CO)C(=O)c1ccc(OC2CC2)c(Cl)c1.C[C@H](CO)[C@H](O)c1ccc(OC2CC2)c(Cl)c1.Clc1cc(Br)ccc1OC1CC1.N[C@H](CO)C(=O)O.Oc1ccc(Br)cc1Cl. The molecule has 776 valence electrons. The van der Waals surface area contributed by atoms with Gasteiger partial charge in [0.05, 0.1) is 125 Å². The monoisotopic (exact) mass is 2150 g/mol. The first-order chi connectivity index (χ1) is 58.0. The number of halogens is 8. The Morgan fingerprint density at radius 3 is 0.888 bits per heavy atom. The second-order valence-corrected chi connectivity index (χ2v) is 34.2. The van der Waals surface area contributed by atoms with Gasteiger partial charge in [0.15, 0.2) is 11.6 Å². The molecular weight excluding hydrogens is 1980 g/mol. The number of hydroxylamine groups is 4. The van der Waals surface area contributed by atoms with Crippen molar-refractivity contribution in [3.63, 3.8) is 0 Å². The molecular formula is C100H167Br2Cl6N3O23. The molecule has 5 saturated carbocycles. The fraction of sp³-hybridized carbons (Fsp3) is 0.580. The van der Waals surface area contributed by atoms with Gasteiger partial charge < -0.3 is 80.5 Å². The molecule has 6 aromatic rings. The number of carboxylic acid groups (broad SMARTS) is 2. The number of aliphatic hydroxyl groups is 7. The fourth-order valence-electron chi connectivity index (χ4n) is 9.00. The summed E-state index contributed by atoms with van der Waals surface area (Å²) in [5.41, 5.74) is 7.53. The van der Waals surface area contributed by atoms with Crippen LogP contribution in [0.1, 0.15) is 278 Å². The molecule has 34 heteroatoms. The van der Waals surface area contributed by atoms with Gasteiger partial charge in [-0.1, -0.05) is 264 Å². The summed E-state index contributed by atoms with van der Waals surface area (Å²) in [5, 5.41) is 92.9. The topological polar surface area (TPSA) is 402 Å². The van der Waals surface area contributed by atoms with E-state index in [-0.39, 0.29) is 173 Å². The number of carbonyl (C=O) groups excluding carboxylic acids is 4. The number of nitrogens with two attached hydrogens (primary N) is 1. The van der Waals surface area contributed by atoms with Gasteiger partial charge in [-0.25, -0.2) is 10.1 Å². The number of benzene rings is 6. The summed E-state index contributed by atoms with van der Waals surface area (Å²) in [4.78, 5) is 74.6. The van der Waals surface area contributed by atoms with Gasteiger partial charge in [0.2, 0.25) is 5.91 Å². The predicted molar refractivity (Wildman–Crippen MR) is 560 cm³/mol. The molecule has 0 saturated heterocycles. The number of aliphatic carboxylic acids is 2. The Kier molecular flexibility index (Phi) is 86.6. The maximum absolute atomic E-state index is 12.0. The lowest BCUT2D eigenvalue weighted by molar-refractivity contribution is -0.174. The van der Waals surface area contributed by atoms with Crippen LogP contribution < -0.4 is 29.4 Å². The van der Waals surface area contributed by atoms with Crippen molar-refractivity contribution in [3.05, 3.63) is 171 Å². The van der Waals surface area contributed by atoms with E-state index in [1.807, 2.05) is 71.0 Å². The second-order valence-electron chi connectivity index (χ2n) is 30.0. The average molecular weight is 2150 g/mol. The number of ketones is 2. The van der Waals surface area contributed by atoms with Crippen LogP contribution >= 0.6 is 101 Å². The van der Waals surface area contributed by atoms with Crippen molar-refractivity contribution >= 4 is 137 Å². The third-order valence-corrected chi connectivity index (χ3v) is 21.6. The normalized spacial score (nSPS) is 14.4. The molecule has 0 unspecified atom stereocenters. The highest BCUT2D eigenvalue weighted by Crippen LogP contribution is 2.40. The summed E-state index contributed by atoms with van der Waals surface area (Å²) >= 11 is 42.4. The smallest absolute Gasteiger partial charge is 0.322 e. The first-order valence-electron chi connectivity index (χ1n) is 40.5. The Bertz CT molecular complexity index is 3960. The van der Waals surface area contributed by atoms with Crippen LogP contribution in [0.3, 0.4) is 0 Å². The first kappa shape index (κ1) is 148. The predicted octanol–water partition coefficient (Wildman–Crippen LogP) is 25.5. The highest BCUT2D eigenvalue weighted by atomic mass is 79.9. The van der Waals surface area contributed by atoms with E-state index in [2.05, 4.69) is 43.6 Å². The Hall–Kier alpha value is -6.36. The number of nitrogens with zero attached hydrogens (tertiary/aromatic N) is 2. The summed E-state index contributed by atoms with van der Waals surface area (Å²) in [6.07, 6.45) is 14.2. The van der Waals surface area contributed by atoms with Gasteiger partial charge >= 0.3 is 11.9 Å². The Morgan fingerprint density at radius 1 is 0.373 bits per heavy atom. The van der Waals surface area contributed by atoms with E-state index in [1.54, 1.807) is 94.5 Å². The van der Waals surface area contributed by atoms with E-state index in [4.69, 9.17) is 145 Å². The fourth-order valence-corrected chi connectivity index (χ4v) is 11.3. The molecule has 2 amide bonds. The number of aliphatic hydroxyl groups excluding tert-OH is 7. The van der Waals surface area contributed by atoms with Gasteiger partial charge in [0, 0.05) is 64.4 Å². The van der Waals surface area contributed by atoms with Crippen LogP contribution in [0.2, 0.25) is 30.1 Å². The van der Waals surface area contributed by atoms with Crippen LogP contribution in [0.15, 0.2) is 118 Å². The molecule has 26 nitrogen and oxygen atoms in total. The van der Waals surface area contributed by atoms with Gasteiger partial charge in [0.25, 0.3) is 5.91 Å². The molecule has 5 fully saturated rings. The minimum atomic E-state index is -1.18. The Labute approximate surface area is 850 Å². The summed E-state index contributed by atoms with van der Waals surface area (Å²) < 4.78 is 29.9. The average Bonchev–Trinajstić information content (AvgIpc) is 1.17. The molecule has 0 heterocycles. The van der Waals surface area contributed by atoms with Crippen LogP contribution in [0.25, 0.3) is 0 Å². The molecule has 6 aromatic carbocycles. The van der Waals surface area contributed by atoms with E-state index < -0.39 is 48.6 Å². The molecule has 5 aliphatic rings. The van der Waals surface area contributed by atoms with Gasteiger partial charge in [-0.15, -0.1) is 0 Å². The number of hydrogen-bond acceptors (Lipinski definition) is 22. The number of aromatic hydroxyl groups is 1. The van der Waals surface area contributed by atoms with Crippen molar-refractivity contribution in [2.24, 2.45) is 47.2 Å². The summed E-state index contributed by atoms with van der Waals surface area (Å²) in [6, 6.07) is 30.6. The van der Waals surface area contributed by atoms with E-state index >= 15 is 0 Å². The van der Waals surface area contributed by atoms with Crippen molar-refractivity contribution in [2.75, 3.05) is 61.3 Å². The quantitative estimate of drug-likeness (QED) is 0.0138. The molecule has 134 heavy (non-hydrogen) atoms. The zero-order valence-electron chi connectivity index (χ0n) is 72.1. The van der Waals surface area contributed by atoms with E-state index in [9.17, 15) is 39.0 Å². The number of carboxylic acids is 2. The standard InChI is InChI=1S/C14H19ClO2.C14H17ClO2.C13H17ClO3.C13H15ClO3.C9H8BrClO.C7H15NO2.C6H4BrClO.C6H13NO3.C4H8O3.C3H7NO3.11CH4/c2*1-3-9(2)14(16)10-4-7-13(12(15)8-10)17-11-5-6-11;2*1-8(7-15)13(16)9-2-5-12(11(14)6-9)17-10-3-4-10;10-6-1-4-9(8(11)5-6)12-7-2-3-7;1-5-6(2)7(9)8(3)10-4;7-4-1-2-6(9)5(8)3-4;1-5(4-8)6(9)7(2)10-3;1-3(2-5)4(6)7;4-2(1-5)3(6)7;;;;;;;;;;;/h4,7-9,11,14,16H,3,5-6H2,1-2H3;4,7-9,11H,3,5-6H2,1-2H3;2,5-6,8,10,13,15-16H,3-4,7H2,1H3;2,5-6,8,10,15H,3-4,7H2,1H3;1,4-5,7H,2-3H2;6H,5H2,1-4H3;1-3,9H;5,8H,4H2,1-3H3;3,5H,2H2,1H3,(H,6,7);2,5H,1,4H2,(H,6,7);11*1H4/t9-,14+;9-;8-,13+;8-;;6-;;5-;3-;2-;;;;;;;;;;;/m1111.1.111.........../s1. The molecule has 0 radical (unpaired) electrons. The first-order valence-corrected chi connectivity index (χ1v) is 44.3. The zero-order valence-corrected chi connectivity index (χ0v) is 79.8. The van der Waals surface area contributed by atoms with Crippen LogP contribution in [-0.2, 0) is 28.9 Å². The number of carbonyl (C=O) groups is 6. The van der Waals surface area contributed by atoms with Crippen LogP contribution in [0.4, 0.5) is 0 Å². The van der Waals surface area contributed by atoms with Crippen molar-refractivity contribution in [3.8, 4) is 34.5 Å². The van der Waals surface area contributed by atoms with Gasteiger partial charge in [-0.05, 0) is 198 Å². The van der Waals surface area contributed by atoms with E-state index in [0.717, 1.165) is 115 Å². The van der Waals surface area contributed by atoms with Gasteiger partial charge in [-0.2, -0.15) is 0 Å². The van der Waals surface area contributed by atoms with Gasteiger partial charge in [0.1, 0.15) is 40.5 Å². The lowest BCUT2D eigenvalue weighted by Gasteiger charge is -2.18. The zero-order chi connectivity index (χ0) is 93.1. The largest absolute Gasteiger partial charge is 0.506 e. The minimum absolute atomic E-state index is 0. The molecule has 5 aliphatic carbocycles. The molecule has 12 N–H and O–H groups in total. The number of hydrogen-bond donors (Lipinski definition) is 11. The lowest BCUT2D eigenvalue weighted by Crippen LogP contribution is -2.33. The van der Waals surface area contributed by atoms with E-state index in [0.29, 0.717) is 88.5 Å². The van der Waals surface area contributed by atoms with Crippen LogP contribution in [0, 0.1) is 41.4 Å². The Balaban J connectivity index is -0.000000160. The molecule has 0 spiro atoms.